The molecule has 1 N–H and O–H groups in total. The standard InChI is InChI=1S/C26H34N2O4/c1-19-9-11-21(12-10-19)17-28(20(2)26(30)27-22-7-5-4-6-8-22)25(29)18-32-24-15-13-23(31-3)14-16-24/h9-16,20,22H,4-8,17-18H2,1-3H3,(H,27,30). The van der Waals surface area contributed by atoms with Gasteiger partial charge >= 0.3 is 0 Å². The molecule has 32 heavy (non-hydrogen) atoms. The van der Waals surface area contributed by atoms with Gasteiger partial charge in [-0.1, -0.05) is 49.1 Å². The molecule has 1 aliphatic rings. The van der Waals surface area contributed by atoms with Gasteiger partial charge in [0.15, 0.2) is 6.61 Å². The summed E-state index contributed by atoms with van der Waals surface area (Å²) in [4.78, 5) is 27.7. The van der Waals surface area contributed by atoms with Gasteiger partial charge in [0.1, 0.15) is 17.5 Å². The first-order chi connectivity index (χ1) is 15.5. The highest BCUT2D eigenvalue weighted by atomic mass is 16.5. The van der Waals surface area contributed by atoms with E-state index >= 15 is 0 Å². The average Bonchev–Trinajstić information content (AvgIpc) is 2.82. The van der Waals surface area contributed by atoms with E-state index in [9.17, 15) is 9.59 Å². The summed E-state index contributed by atoms with van der Waals surface area (Å²) >= 11 is 0. The minimum Gasteiger partial charge on any atom is -0.497 e. The Bertz CT molecular complexity index is 874. The van der Waals surface area contributed by atoms with Gasteiger partial charge in [0.2, 0.25) is 5.91 Å². The van der Waals surface area contributed by atoms with Crippen LogP contribution in [0.5, 0.6) is 11.5 Å². The highest BCUT2D eigenvalue weighted by molar-refractivity contribution is 5.88. The molecule has 0 saturated heterocycles. The summed E-state index contributed by atoms with van der Waals surface area (Å²) in [5, 5.41) is 3.15. The molecule has 6 nitrogen and oxygen atoms in total. The van der Waals surface area contributed by atoms with Crippen molar-refractivity contribution in [3.05, 3.63) is 59.7 Å². The third-order valence-corrected chi connectivity index (χ3v) is 6.01. The van der Waals surface area contributed by atoms with Crippen LogP contribution in [0.2, 0.25) is 0 Å². The molecule has 2 amide bonds. The minimum atomic E-state index is -0.592. The molecule has 3 rings (SSSR count). The van der Waals surface area contributed by atoms with Crippen LogP contribution in [0, 0.1) is 6.92 Å². The van der Waals surface area contributed by atoms with E-state index in [1.165, 1.54) is 6.42 Å². The summed E-state index contributed by atoms with van der Waals surface area (Å²) in [5.74, 6) is 0.959. The lowest BCUT2D eigenvalue weighted by molar-refractivity contribution is -0.142. The molecule has 0 bridgehead atoms. The summed E-state index contributed by atoms with van der Waals surface area (Å²) in [5.41, 5.74) is 2.13. The Hall–Kier alpha value is -3.02. The fourth-order valence-corrected chi connectivity index (χ4v) is 3.94. The number of hydrogen-bond acceptors (Lipinski definition) is 4. The van der Waals surface area contributed by atoms with Gasteiger partial charge in [-0.25, -0.2) is 0 Å². The highest BCUT2D eigenvalue weighted by Crippen LogP contribution is 2.19. The van der Waals surface area contributed by atoms with Crippen LogP contribution < -0.4 is 14.8 Å². The molecule has 2 aromatic carbocycles. The molecule has 1 atom stereocenters. The van der Waals surface area contributed by atoms with Crippen molar-refractivity contribution in [1.82, 2.24) is 10.2 Å². The molecule has 0 radical (unpaired) electrons. The number of nitrogens with one attached hydrogen (secondary N) is 1. The quantitative estimate of drug-likeness (QED) is 0.636. The number of aryl methyl sites for hydroxylation is 1. The van der Waals surface area contributed by atoms with Gasteiger partial charge in [-0.2, -0.15) is 0 Å². The second-order valence-electron chi connectivity index (χ2n) is 8.49. The monoisotopic (exact) mass is 438 g/mol. The number of amides is 2. The van der Waals surface area contributed by atoms with E-state index in [1.807, 2.05) is 31.2 Å². The van der Waals surface area contributed by atoms with Gasteiger partial charge in [-0.05, 0) is 56.5 Å². The lowest BCUT2D eigenvalue weighted by atomic mass is 9.95. The van der Waals surface area contributed by atoms with Gasteiger partial charge in [-0.3, -0.25) is 9.59 Å². The average molecular weight is 439 g/mol. The van der Waals surface area contributed by atoms with E-state index in [4.69, 9.17) is 9.47 Å². The Morgan fingerprint density at radius 1 is 1.00 bits per heavy atom. The molecule has 1 unspecified atom stereocenters. The third kappa shape index (κ3) is 6.74. The lowest BCUT2D eigenvalue weighted by Crippen LogP contribution is -2.51. The summed E-state index contributed by atoms with van der Waals surface area (Å²) < 4.78 is 10.9. The zero-order valence-corrected chi connectivity index (χ0v) is 19.3. The van der Waals surface area contributed by atoms with E-state index < -0.39 is 6.04 Å². The molecule has 0 heterocycles. The summed E-state index contributed by atoms with van der Waals surface area (Å²) in [7, 11) is 1.60. The van der Waals surface area contributed by atoms with Crippen molar-refractivity contribution in [2.45, 2.75) is 64.6 Å². The number of carbonyl (C=O) groups excluding carboxylic acids is 2. The minimum absolute atomic E-state index is 0.109. The van der Waals surface area contributed by atoms with Gasteiger partial charge in [0.05, 0.1) is 7.11 Å². The SMILES string of the molecule is COc1ccc(OCC(=O)N(Cc2ccc(C)cc2)C(C)C(=O)NC2CCCCC2)cc1. The Labute approximate surface area is 190 Å². The first-order valence-electron chi connectivity index (χ1n) is 11.4. The summed E-state index contributed by atoms with van der Waals surface area (Å²) in [6.07, 6.45) is 5.51. The number of benzene rings is 2. The maximum atomic E-state index is 13.1. The van der Waals surface area contributed by atoms with Crippen LogP contribution in [0.3, 0.4) is 0 Å². The number of carbonyl (C=O) groups is 2. The van der Waals surface area contributed by atoms with Crippen LogP contribution in [-0.4, -0.2) is 42.5 Å². The molecular weight excluding hydrogens is 404 g/mol. The van der Waals surface area contributed by atoms with Crippen LogP contribution in [0.1, 0.15) is 50.2 Å². The van der Waals surface area contributed by atoms with E-state index in [0.717, 1.165) is 42.6 Å². The predicted molar refractivity (Wildman–Crippen MR) is 125 cm³/mol. The van der Waals surface area contributed by atoms with Crippen molar-refractivity contribution in [1.29, 1.82) is 0 Å². The molecule has 1 fully saturated rings. The van der Waals surface area contributed by atoms with Crippen molar-refractivity contribution in [3.63, 3.8) is 0 Å². The van der Waals surface area contributed by atoms with Crippen LogP contribution in [0.15, 0.2) is 48.5 Å². The van der Waals surface area contributed by atoms with Crippen molar-refractivity contribution in [2.75, 3.05) is 13.7 Å². The normalized spacial score (nSPS) is 15.0. The first-order valence-corrected chi connectivity index (χ1v) is 11.4. The summed E-state index contributed by atoms with van der Waals surface area (Å²) in [6, 6.07) is 14.7. The van der Waals surface area contributed by atoms with E-state index in [-0.39, 0.29) is 24.5 Å². The van der Waals surface area contributed by atoms with E-state index in [2.05, 4.69) is 5.32 Å². The van der Waals surface area contributed by atoms with Crippen molar-refractivity contribution < 1.29 is 19.1 Å². The number of methoxy groups -OCH3 is 1. The Kier molecular flexibility index (Phi) is 8.54. The van der Waals surface area contributed by atoms with Gasteiger partial charge < -0.3 is 19.7 Å². The van der Waals surface area contributed by atoms with Gasteiger partial charge in [0.25, 0.3) is 5.91 Å². The van der Waals surface area contributed by atoms with Crippen molar-refractivity contribution >= 4 is 11.8 Å². The topological polar surface area (TPSA) is 67.9 Å². The smallest absolute Gasteiger partial charge is 0.261 e. The zero-order valence-electron chi connectivity index (χ0n) is 19.3. The second kappa shape index (κ2) is 11.6. The van der Waals surface area contributed by atoms with Crippen LogP contribution in [0.25, 0.3) is 0 Å². The van der Waals surface area contributed by atoms with Gasteiger partial charge in [0, 0.05) is 12.6 Å². The van der Waals surface area contributed by atoms with Crippen molar-refractivity contribution in [3.8, 4) is 11.5 Å². The zero-order chi connectivity index (χ0) is 22.9. The number of hydrogen-bond donors (Lipinski definition) is 1. The molecule has 2 aromatic rings. The molecule has 0 aromatic heterocycles. The van der Waals surface area contributed by atoms with Crippen LogP contribution in [0.4, 0.5) is 0 Å². The van der Waals surface area contributed by atoms with Crippen LogP contribution in [-0.2, 0) is 16.1 Å². The first kappa shape index (κ1) is 23.6. The van der Waals surface area contributed by atoms with E-state index in [1.54, 1.807) is 43.2 Å². The predicted octanol–water partition coefficient (Wildman–Crippen LogP) is 4.25. The maximum Gasteiger partial charge on any atom is 0.261 e. The highest BCUT2D eigenvalue weighted by Gasteiger charge is 2.28. The fraction of sp³-hybridized carbons (Fsp3) is 0.462. The molecule has 1 aliphatic carbocycles. The molecular formula is C26H34N2O4. The molecule has 0 spiro atoms. The fourth-order valence-electron chi connectivity index (χ4n) is 3.94. The maximum absolute atomic E-state index is 13.1. The molecule has 0 aliphatic heterocycles. The molecule has 6 heteroatoms. The number of rotatable bonds is 9. The molecule has 172 valence electrons. The van der Waals surface area contributed by atoms with Gasteiger partial charge in [-0.15, -0.1) is 0 Å². The molecule has 1 saturated carbocycles. The Morgan fingerprint density at radius 3 is 2.25 bits per heavy atom. The Morgan fingerprint density at radius 2 is 1.62 bits per heavy atom. The van der Waals surface area contributed by atoms with Crippen molar-refractivity contribution in [2.24, 2.45) is 0 Å². The number of ether oxygens (including phenoxy) is 2. The third-order valence-electron chi connectivity index (χ3n) is 6.01. The van der Waals surface area contributed by atoms with E-state index in [0.29, 0.717) is 12.3 Å². The van der Waals surface area contributed by atoms with Crippen LogP contribution >= 0.6 is 0 Å². The number of nitrogens with zero attached hydrogens (tertiary/aromatic N) is 1. The Balaban J connectivity index is 1.68. The summed E-state index contributed by atoms with van der Waals surface area (Å²) in [6.45, 7) is 4.02. The second-order valence-corrected chi connectivity index (χ2v) is 8.49. The largest absolute Gasteiger partial charge is 0.497 e. The lowest BCUT2D eigenvalue weighted by Gasteiger charge is -2.31.